The van der Waals surface area contributed by atoms with E-state index in [4.69, 9.17) is 0 Å². The maximum absolute atomic E-state index is 12.9. The largest absolute Gasteiger partial charge is 0.387 e. The van der Waals surface area contributed by atoms with Gasteiger partial charge in [0.05, 0.1) is 12.3 Å². The number of aryl methyl sites for hydroxylation is 1. The third-order valence-electron chi connectivity index (χ3n) is 4.14. The molecule has 0 bridgehead atoms. The first-order chi connectivity index (χ1) is 10.1. The van der Waals surface area contributed by atoms with E-state index in [1.165, 1.54) is 17.7 Å². The van der Waals surface area contributed by atoms with Crippen LogP contribution in [0.3, 0.4) is 0 Å². The Morgan fingerprint density at radius 1 is 1.38 bits per heavy atom. The topological polar surface area (TPSA) is 41.3 Å². The molecule has 0 spiro atoms. The Labute approximate surface area is 123 Å². The molecule has 1 saturated heterocycles. The number of β-amino-alcohol motifs (C(OH)–C–C–N with tert-alkyl or cyclic N) is 1. The van der Waals surface area contributed by atoms with Crippen LogP contribution in [0.1, 0.15) is 36.1 Å². The minimum Gasteiger partial charge on any atom is -0.387 e. The molecule has 1 fully saturated rings. The zero-order valence-electron chi connectivity index (χ0n) is 12.1. The number of likely N-dealkylation sites (tertiary alicyclic amines) is 1. The van der Waals surface area contributed by atoms with Crippen molar-refractivity contribution < 1.29 is 9.50 Å². The molecule has 0 radical (unpaired) electrons. The molecule has 0 amide bonds. The number of aliphatic hydroxyl groups excluding tert-OH is 1. The first kappa shape index (κ1) is 14.2. The lowest BCUT2D eigenvalue weighted by Gasteiger charge is -2.26. The van der Waals surface area contributed by atoms with E-state index < -0.39 is 6.10 Å². The van der Waals surface area contributed by atoms with Crippen molar-refractivity contribution in [3.05, 3.63) is 53.6 Å². The van der Waals surface area contributed by atoms with Crippen molar-refractivity contribution in [1.82, 2.24) is 14.7 Å². The molecule has 2 heterocycles. The number of nitrogens with zero attached hydrogens (tertiary/aromatic N) is 3. The summed E-state index contributed by atoms with van der Waals surface area (Å²) in [5.74, 6) is -0.277. The molecule has 0 aliphatic carbocycles. The second-order valence-corrected chi connectivity index (χ2v) is 5.67. The maximum atomic E-state index is 12.9. The lowest BCUT2D eigenvalue weighted by molar-refractivity contribution is 0.106. The van der Waals surface area contributed by atoms with Crippen LogP contribution in [0.25, 0.3) is 0 Å². The maximum Gasteiger partial charge on any atom is 0.123 e. The summed E-state index contributed by atoms with van der Waals surface area (Å²) >= 11 is 0. The zero-order valence-corrected chi connectivity index (χ0v) is 12.1. The Balaban J connectivity index is 1.69. The fourth-order valence-corrected chi connectivity index (χ4v) is 3.05. The van der Waals surface area contributed by atoms with E-state index in [0.717, 1.165) is 24.9 Å². The van der Waals surface area contributed by atoms with Crippen molar-refractivity contribution in [2.24, 2.45) is 7.05 Å². The molecule has 0 unspecified atom stereocenters. The molecule has 1 aromatic carbocycles. The van der Waals surface area contributed by atoms with Gasteiger partial charge in [-0.15, -0.1) is 0 Å². The van der Waals surface area contributed by atoms with Gasteiger partial charge < -0.3 is 5.11 Å². The quantitative estimate of drug-likeness (QED) is 0.940. The Morgan fingerprint density at radius 2 is 2.14 bits per heavy atom. The van der Waals surface area contributed by atoms with Crippen LogP contribution >= 0.6 is 0 Å². The number of hydrogen-bond acceptors (Lipinski definition) is 3. The van der Waals surface area contributed by atoms with Gasteiger partial charge in [-0.3, -0.25) is 9.58 Å². The van der Waals surface area contributed by atoms with Crippen molar-refractivity contribution in [2.75, 3.05) is 13.1 Å². The highest BCUT2D eigenvalue weighted by Crippen LogP contribution is 2.33. The van der Waals surface area contributed by atoms with Crippen LogP contribution in [0.5, 0.6) is 0 Å². The lowest BCUT2D eigenvalue weighted by atomic mass is 10.1. The second-order valence-electron chi connectivity index (χ2n) is 5.67. The van der Waals surface area contributed by atoms with Gasteiger partial charge in [-0.25, -0.2) is 4.39 Å². The molecule has 2 aromatic rings. The van der Waals surface area contributed by atoms with E-state index in [1.807, 2.05) is 24.1 Å². The van der Waals surface area contributed by atoms with Crippen molar-refractivity contribution in [2.45, 2.75) is 25.0 Å². The predicted octanol–water partition coefficient (Wildman–Crippen LogP) is 2.43. The molecule has 21 heavy (non-hydrogen) atoms. The van der Waals surface area contributed by atoms with E-state index >= 15 is 0 Å². The van der Waals surface area contributed by atoms with E-state index in [2.05, 4.69) is 10.00 Å². The Hall–Kier alpha value is -1.72. The first-order valence-electron chi connectivity index (χ1n) is 7.29. The Kier molecular flexibility index (Phi) is 4.03. The molecular formula is C16H20FN3O. The van der Waals surface area contributed by atoms with Gasteiger partial charge in [-0.05, 0) is 37.1 Å². The van der Waals surface area contributed by atoms with E-state index in [0.29, 0.717) is 12.6 Å². The summed E-state index contributed by atoms with van der Waals surface area (Å²) in [6.45, 7) is 1.53. The molecule has 1 N–H and O–H groups in total. The molecule has 1 aliphatic rings. The van der Waals surface area contributed by atoms with Crippen LogP contribution in [0.4, 0.5) is 4.39 Å². The van der Waals surface area contributed by atoms with Crippen LogP contribution in [0, 0.1) is 5.82 Å². The molecule has 5 heteroatoms. The number of aromatic nitrogens is 2. The first-order valence-corrected chi connectivity index (χ1v) is 7.29. The van der Waals surface area contributed by atoms with Crippen LogP contribution in [0.15, 0.2) is 36.7 Å². The monoisotopic (exact) mass is 289 g/mol. The number of benzene rings is 1. The Bertz CT molecular complexity index is 596. The minimum absolute atomic E-state index is 0.277. The van der Waals surface area contributed by atoms with Gasteiger partial charge in [-0.1, -0.05) is 12.1 Å². The average molecular weight is 289 g/mol. The van der Waals surface area contributed by atoms with Crippen LogP contribution in [-0.2, 0) is 7.05 Å². The highest BCUT2D eigenvalue weighted by Gasteiger charge is 2.28. The van der Waals surface area contributed by atoms with E-state index in [1.54, 1.807) is 12.1 Å². The summed E-state index contributed by atoms with van der Waals surface area (Å²) in [5, 5.41) is 14.6. The highest BCUT2D eigenvalue weighted by molar-refractivity contribution is 5.19. The van der Waals surface area contributed by atoms with Gasteiger partial charge in [0.1, 0.15) is 5.82 Å². The van der Waals surface area contributed by atoms with Gasteiger partial charge in [0.2, 0.25) is 0 Å². The predicted molar refractivity (Wildman–Crippen MR) is 78.1 cm³/mol. The number of hydrogen-bond donors (Lipinski definition) is 1. The molecule has 1 aromatic heterocycles. The SMILES string of the molecule is Cn1cc([C@H]2CCCN2C[C@@H](O)c2ccc(F)cc2)cn1. The molecular weight excluding hydrogens is 269 g/mol. The molecule has 1 aliphatic heterocycles. The summed E-state index contributed by atoms with van der Waals surface area (Å²) in [7, 11) is 1.91. The normalized spacial score (nSPS) is 20.8. The summed E-state index contributed by atoms with van der Waals surface area (Å²) < 4.78 is 14.7. The van der Waals surface area contributed by atoms with Gasteiger partial charge in [0.25, 0.3) is 0 Å². The molecule has 4 nitrogen and oxygen atoms in total. The molecule has 3 rings (SSSR count). The summed E-state index contributed by atoms with van der Waals surface area (Å²) in [6.07, 6.45) is 5.54. The number of aliphatic hydroxyl groups is 1. The van der Waals surface area contributed by atoms with Crippen molar-refractivity contribution >= 4 is 0 Å². The molecule has 0 saturated carbocycles. The van der Waals surface area contributed by atoms with Gasteiger partial charge in [-0.2, -0.15) is 5.10 Å². The zero-order chi connectivity index (χ0) is 14.8. The smallest absolute Gasteiger partial charge is 0.123 e. The number of rotatable bonds is 4. The van der Waals surface area contributed by atoms with Gasteiger partial charge in [0, 0.05) is 31.4 Å². The summed E-state index contributed by atoms with van der Waals surface area (Å²) in [4.78, 5) is 2.28. The van der Waals surface area contributed by atoms with E-state index in [9.17, 15) is 9.50 Å². The van der Waals surface area contributed by atoms with Gasteiger partial charge >= 0.3 is 0 Å². The summed E-state index contributed by atoms with van der Waals surface area (Å²) in [5.41, 5.74) is 1.95. The van der Waals surface area contributed by atoms with Crippen LogP contribution in [0.2, 0.25) is 0 Å². The van der Waals surface area contributed by atoms with Crippen LogP contribution < -0.4 is 0 Å². The fourth-order valence-electron chi connectivity index (χ4n) is 3.05. The number of halogens is 1. The molecule has 2 atom stereocenters. The third kappa shape index (κ3) is 3.14. The average Bonchev–Trinajstić information content (AvgIpc) is 3.08. The second kappa shape index (κ2) is 5.95. The van der Waals surface area contributed by atoms with Crippen LogP contribution in [-0.4, -0.2) is 32.9 Å². The minimum atomic E-state index is -0.595. The Morgan fingerprint density at radius 3 is 2.81 bits per heavy atom. The summed E-state index contributed by atoms with van der Waals surface area (Å²) in [6, 6.07) is 6.39. The van der Waals surface area contributed by atoms with E-state index in [-0.39, 0.29) is 5.82 Å². The van der Waals surface area contributed by atoms with Crippen molar-refractivity contribution in [3.8, 4) is 0 Å². The van der Waals surface area contributed by atoms with Crippen molar-refractivity contribution in [1.29, 1.82) is 0 Å². The molecule has 112 valence electrons. The highest BCUT2D eigenvalue weighted by atomic mass is 19.1. The van der Waals surface area contributed by atoms with Crippen molar-refractivity contribution in [3.63, 3.8) is 0 Å². The lowest BCUT2D eigenvalue weighted by Crippen LogP contribution is -2.28. The van der Waals surface area contributed by atoms with Gasteiger partial charge in [0.15, 0.2) is 0 Å². The third-order valence-corrected chi connectivity index (χ3v) is 4.14. The fraction of sp³-hybridized carbons (Fsp3) is 0.438. The standard InChI is InChI=1S/C16H20FN3O/c1-19-10-13(9-18-19)15-3-2-8-20(15)11-16(21)12-4-6-14(17)7-5-12/h4-7,9-10,15-16,21H,2-3,8,11H2,1H3/t15-,16-/m1/s1.